The number of aryl methyl sites for hydroxylation is 1. The molecule has 0 bridgehead atoms. The molecule has 3 heterocycles. The monoisotopic (exact) mass is 376 g/mol. The molecule has 118 valence electrons. The van der Waals surface area contributed by atoms with E-state index in [0.29, 0.717) is 16.8 Å². The second kappa shape index (κ2) is 6.69. The first-order valence-corrected chi connectivity index (χ1v) is 7.76. The summed E-state index contributed by atoms with van der Waals surface area (Å²) in [7, 11) is 0. The van der Waals surface area contributed by atoms with Crippen LogP contribution in [-0.4, -0.2) is 31.4 Å². The zero-order chi connectivity index (χ0) is 16.2. The largest absolute Gasteiger partial charge is 0.369 e. The Hall–Kier alpha value is -2.55. The molecule has 0 spiro atoms. The molecule has 0 aliphatic rings. The van der Waals surface area contributed by atoms with E-state index in [1.54, 1.807) is 6.20 Å². The zero-order valence-electron chi connectivity index (χ0n) is 12.0. The number of aromatic nitrogens is 4. The van der Waals surface area contributed by atoms with Gasteiger partial charge in [0, 0.05) is 25.2 Å². The van der Waals surface area contributed by atoms with Gasteiger partial charge in [-0.2, -0.15) is 0 Å². The molecule has 0 saturated carbocycles. The van der Waals surface area contributed by atoms with Crippen molar-refractivity contribution in [2.75, 3.05) is 11.9 Å². The number of nitrogens with one attached hydrogen (secondary N) is 2. The molecule has 3 aromatic rings. The predicted octanol–water partition coefficient (Wildman–Crippen LogP) is 3.07. The fourth-order valence-corrected chi connectivity index (χ4v) is 2.61. The maximum absolute atomic E-state index is 10.7. The summed E-state index contributed by atoms with van der Waals surface area (Å²) in [5.74, 6) is 1.47. The van der Waals surface area contributed by atoms with Gasteiger partial charge in [-0.25, -0.2) is 15.0 Å². The highest BCUT2D eigenvalue weighted by Gasteiger charge is 2.10. The number of hydrogen-bond acceptors (Lipinski definition) is 6. The van der Waals surface area contributed by atoms with Gasteiger partial charge >= 0.3 is 0 Å². The molecule has 8 nitrogen and oxygen atoms in total. The van der Waals surface area contributed by atoms with Gasteiger partial charge in [-0.3, -0.25) is 10.1 Å². The number of H-pyrrole nitrogens is 1. The van der Waals surface area contributed by atoms with E-state index in [1.807, 2.05) is 12.1 Å². The first-order valence-electron chi connectivity index (χ1n) is 6.97. The summed E-state index contributed by atoms with van der Waals surface area (Å²) in [5.41, 5.74) is 1.60. The number of aromatic amines is 1. The van der Waals surface area contributed by atoms with Gasteiger partial charge in [0.15, 0.2) is 5.65 Å². The van der Waals surface area contributed by atoms with Gasteiger partial charge in [0.25, 0.3) is 5.69 Å². The molecule has 0 fully saturated rings. The number of imidazole rings is 1. The number of hydrogen-bond donors (Lipinski definition) is 2. The fraction of sp³-hybridized carbons (Fsp3) is 0.214. The molecule has 0 aliphatic heterocycles. The van der Waals surface area contributed by atoms with E-state index in [1.165, 1.54) is 12.3 Å². The van der Waals surface area contributed by atoms with E-state index in [2.05, 4.69) is 41.2 Å². The average molecular weight is 377 g/mol. The van der Waals surface area contributed by atoms with Crippen molar-refractivity contribution in [3.8, 4) is 0 Å². The molecular weight excluding hydrogens is 364 g/mol. The summed E-state index contributed by atoms with van der Waals surface area (Å²) < 4.78 is 0.569. The minimum atomic E-state index is -0.475. The van der Waals surface area contributed by atoms with Gasteiger partial charge < -0.3 is 10.3 Å². The third kappa shape index (κ3) is 3.62. The molecule has 3 aromatic heterocycles. The van der Waals surface area contributed by atoms with Crippen molar-refractivity contribution in [2.45, 2.75) is 12.8 Å². The van der Waals surface area contributed by atoms with Crippen LogP contribution in [0.1, 0.15) is 12.2 Å². The van der Waals surface area contributed by atoms with E-state index in [0.717, 1.165) is 29.8 Å². The highest BCUT2D eigenvalue weighted by atomic mass is 79.9. The Morgan fingerprint density at radius 2 is 2.26 bits per heavy atom. The number of nitrogens with zero attached hydrogens (tertiary/aromatic N) is 4. The topological polar surface area (TPSA) is 110 Å². The molecule has 0 saturated heterocycles. The average Bonchev–Trinajstić information content (AvgIpc) is 2.95. The number of nitro groups is 1. The molecule has 0 aromatic carbocycles. The number of fused-ring (bicyclic) bond motifs is 1. The second-order valence-corrected chi connectivity index (χ2v) is 5.72. The maximum atomic E-state index is 10.7. The van der Waals surface area contributed by atoms with E-state index in [9.17, 15) is 10.1 Å². The molecule has 0 aliphatic carbocycles. The number of halogens is 1. The minimum Gasteiger partial charge on any atom is -0.369 e. The van der Waals surface area contributed by atoms with Crippen molar-refractivity contribution in [1.82, 2.24) is 19.9 Å². The lowest BCUT2D eigenvalue weighted by Crippen LogP contribution is -2.06. The molecular formula is C14H13BrN6O2. The van der Waals surface area contributed by atoms with Crippen LogP contribution in [0.25, 0.3) is 11.2 Å². The molecule has 23 heavy (non-hydrogen) atoms. The Morgan fingerprint density at radius 3 is 3.00 bits per heavy atom. The number of pyridine rings is 2. The zero-order valence-corrected chi connectivity index (χ0v) is 13.6. The van der Waals surface area contributed by atoms with Crippen LogP contribution in [0.15, 0.2) is 35.1 Å². The van der Waals surface area contributed by atoms with Crippen LogP contribution < -0.4 is 5.32 Å². The van der Waals surface area contributed by atoms with Crippen LogP contribution in [-0.2, 0) is 6.42 Å². The van der Waals surface area contributed by atoms with Gasteiger partial charge in [0.2, 0.25) is 0 Å². The number of rotatable bonds is 6. The lowest BCUT2D eigenvalue weighted by atomic mass is 10.3. The highest BCUT2D eigenvalue weighted by Crippen LogP contribution is 2.24. The Morgan fingerprint density at radius 1 is 1.39 bits per heavy atom. The van der Waals surface area contributed by atoms with E-state index < -0.39 is 4.92 Å². The van der Waals surface area contributed by atoms with Crippen molar-refractivity contribution >= 4 is 38.6 Å². The van der Waals surface area contributed by atoms with Crippen LogP contribution in [0, 0.1) is 10.1 Å². The summed E-state index contributed by atoms with van der Waals surface area (Å²) in [6.45, 7) is 0.674. The van der Waals surface area contributed by atoms with Crippen LogP contribution in [0.3, 0.4) is 0 Å². The Kier molecular flexibility index (Phi) is 4.47. The summed E-state index contributed by atoms with van der Waals surface area (Å²) in [6.07, 6.45) is 4.56. The first-order chi connectivity index (χ1) is 11.1. The molecule has 0 radical (unpaired) electrons. The lowest BCUT2D eigenvalue weighted by molar-refractivity contribution is -0.385. The van der Waals surface area contributed by atoms with Crippen LogP contribution in [0.2, 0.25) is 0 Å². The lowest BCUT2D eigenvalue weighted by Gasteiger charge is -2.06. The quantitative estimate of drug-likeness (QED) is 0.388. The van der Waals surface area contributed by atoms with Gasteiger partial charge in [-0.1, -0.05) is 0 Å². The van der Waals surface area contributed by atoms with E-state index in [-0.39, 0.29) is 5.69 Å². The van der Waals surface area contributed by atoms with Gasteiger partial charge in [0.1, 0.15) is 17.8 Å². The molecule has 0 amide bonds. The third-order valence-electron chi connectivity index (χ3n) is 3.23. The molecule has 9 heteroatoms. The van der Waals surface area contributed by atoms with Crippen molar-refractivity contribution in [1.29, 1.82) is 0 Å². The van der Waals surface area contributed by atoms with E-state index >= 15 is 0 Å². The second-order valence-electron chi connectivity index (χ2n) is 4.87. The highest BCUT2D eigenvalue weighted by molar-refractivity contribution is 9.10. The molecule has 0 unspecified atom stereocenters. The van der Waals surface area contributed by atoms with E-state index in [4.69, 9.17) is 0 Å². The standard InChI is InChI=1S/C14H13BrN6O2/c15-10-7-9(21(22)23)8-18-13(10)16-6-2-4-12-19-11-3-1-5-17-14(11)20-12/h1,3,5,7-8H,2,4,6H2,(H,16,18)(H,17,19,20). The Labute approximate surface area is 139 Å². The summed E-state index contributed by atoms with van der Waals surface area (Å²) in [5, 5.41) is 13.8. The van der Waals surface area contributed by atoms with Crippen LogP contribution in [0.4, 0.5) is 11.5 Å². The summed E-state index contributed by atoms with van der Waals surface area (Å²) in [4.78, 5) is 26.1. The van der Waals surface area contributed by atoms with Gasteiger partial charge in [0.05, 0.1) is 14.9 Å². The predicted molar refractivity (Wildman–Crippen MR) is 89.3 cm³/mol. The third-order valence-corrected chi connectivity index (χ3v) is 3.83. The maximum Gasteiger partial charge on any atom is 0.288 e. The Balaban J connectivity index is 1.54. The molecule has 2 N–H and O–H groups in total. The van der Waals surface area contributed by atoms with Crippen LogP contribution in [0.5, 0.6) is 0 Å². The van der Waals surface area contributed by atoms with Crippen molar-refractivity contribution in [2.24, 2.45) is 0 Å². The van der Waals surface area contributed by atoms with Gasteiger partial charge in [-0.15, -0.1) is 0 Å². The van der Waals surface area contributed by atoms with Crippen molar-refractivity contribution < 1.29 is 4.92 Å². The minimum absolute atomic E-state index is 0.0443. The normalized spacial score (nSPS) is 10.8. The van der Waals surface area contributed by atoms with Crippen LogP contribution >= 0.6 is 15.9 Å². The van der Waals surface area contributed by atoms with Crippen molar-refractivity contribution in [3.05, 3.63) is 51.0 Å². The SMILES string of the molecule is O=[N+]([O-])c1cnc(NCCCc2nc3ncccc3[nH]2)c(Br)c1. The summed E-state index contributed by atoms with van der Waals surface area (Å²) >= 11 is 3.28. The first kappa shape index (κ1) is 15.3. The molecule has 0 atom stereocenters. The van der Waals surface area contributed by atoms with Crippen molar-refractivity contribution in [3.63, 3.8) is 0 Å². The Bertz CT molecular complexity index is 817. The summed E-state index contributed by atoms with van der Waals surface area (Å²) in [6, 6.07) is 5.23. The fourth-order valence-electron chi connectivity index (χ4n) is 2.13. The molecule has 3 rings (SSSR count). The number of anilines is 1. The van der Waals surface area contributed by atoms with Gasteiger partial charge in [-0.05, 0) is 34.5 Å². The smallest absolute Gasteiger partial charge is 0.288 e.